The normalized spacial score (nSPS) is 34.1. The highest BCUT2D eigenvalue weighted by atomic mass is 16.2. The molecule has 0 amide bonds. The van der Waals surface area contributed by atoms with E-state index < -0.39 is 16.7 Å². The Bertz CT molecular complexity index is 900. The second kappa shape index (κ2) is 3.90. The summed E-state index contributed by atoms with van der Waals surface area (Å²) < 4.78 is 4.07. The largest absolute Gasteiger partial charge is 0.349 e. The Hall–Kier alpha value is -2.44. The first kappa shape index (κ1) is 14.2. The van der Waals surface area contributed by atoms with Crippen LogP contribution in [0.4, 0.5) is 0 Å². The van der Waals surface area contributed by atoms with Gasteiger partial charge in [-0.3, -0.25) is 0 Å². The molecule has 0 saturated heterocycles. The van der Waals surface area contributed by atoms with Gasteiger partial charge in [0.05, 0.1) is 5.41 Å². The van der Waals surface area contributed by atoms with Crippen LogP contribution in [0.1, 0.15) is 26.3 Å². The molecule has 0 N–H and O–H groups in total. The number of aromatic nitrogens is 3. The third-order valence-electron chi connectivity index (χ3n) is 5.89. The standard InChI is InChI=1S/C16H19N5O2/c1-14(10-11-8-6-5-7-9-11)15(2)17-18-16(14,3)21-13(23)19(4)12(22)20(15)21/h5-9H,10H2,1-4H3/t14?,15-,16+. The fourth-order valence-electron chi connectivity index (χ4n) is 4.05. The quantitative estimate of drug-likeness (QED) is 0.841. The average molecular weight is 313 g/mol. The zero-order valence-electron chi connectivity index (χ0n) is 13.6. The van der Waals surface area contributed by atoms with Crippen molar-refractivity contribution in [2.75, 3.05) is 0 Å². The molecular weight excluding hydrogens is 294 g/mol. The molecule has 0 aliphatic carbocycles. The minimum atomic E-state index is -0.880. The van der Waals surface area contributed by atoms with Crippen molar-refractivity contribution in [1.82, 2.24) is 13.9 Å². The van der Waals surface area contributed by atoms with Crippen molar-refractivity contribution in [3.63, 3.8) is 0 Å². The molecule has 1 unspecified atom stereocenters. The van der Waals surface area contributed by atoms with E-state index in [9.17, 15) is 9.59 Å². The fraction of sp³-hybridized carbons (Fsp3) is 0.500. The third-order valence-corrected chi connectivity index (χ3v) is 5.89. The van der Waals surface area contributed by atoms with Crippen molar-refractivity contribution in [2.24, 2.45) is 22.7 Å². The van der Waals surface area contributed by atoms with E-state index in [1.807, 2.05) is 44.2 Å². The molecule has 2 bridgehead atoms. The van der Waals surface area contributed by atoms with Gasteiger partial charge < -0.3 is 0 Å². The molecule has 0 radical (unpaired) electrons. The van der Waals surface area contributed by atoms with Crippen LogP contribution in [0.3, 0.4) is 0 Å². The zero-order valence-corrected chi connectivity index (χ0v) is 13.6. The second-order valence-electron chi connectivity index (χ2n) is 6.98. The summed E-state index contributed by atoms with van der Waals surface area (Å²) in [6.45, 7) is 5.82. The number of rotatable bonds is 2. The Kier molecular flexibility index (Phi) is 2.40. The summed E-state index contributed by atoms with van der Waals surface area (Å²) in [5.41, 5.74) is -1.83. The minimum Gasteiger partial charge on any atom is -0.246 e. The predicted molar refractivity (Wildman–Crippen MR) is 84.3 cm³/mol. The summed E-state index contributed by atoms with van der Waals surface area (Å²) in [5, 5.41) is 8.86. The lowest BCUT2D eigenvalue weighted by atomic mass is 9.68. The summed E-state index contributed by atoms with van der Waals surface area (Å²) in [5.74, 6) is 0. The number of nitrogens with zero attached hydrogens (tertiary/aromatic N) is 5. The monoisotopic (exact) mass is 313 g/mol. The van der Waals surface area contributed by atoms with Crippen molar-refractivity contribution in [3.8, 4) is 0 Å². The van der Waals surface area contributed by atoms with Crippen molar-refractivity contribution < 1.29 is 0 Å². The van der Waals surface area contributed by atoms with E-state index in [1.54, 1.807) is 0 Å². The van der Waals surface area contributed by atoms with E-state index in [0.717, 1.165) is 10.1 Å². The average Bonchev–Trinajstić information content (AvgIpc) is 2.94. The molecule has 0 saturated carbocycles. The van der Waals surface area contributed by atoms with E-state index >= 15 is 0 Å². The topological polar surface area (TPSA) is 73.7 Å². The van der Waals surface area contributed by atoms with Gasteiger partial charge in [0.25, 0.3) is 0 Å². The van der Waals surface area contributed by atoms with Gasteiger partial charge in [0.15, 0.2) is 11.3 Å². The highest BCUT2D eigenvalue weighted by Gasteiger charge is 2.71. The molecule has 1 aromatic heterocycles. The van der Waals surface area contributed by atoms with Crippen LogP contribution in [-0.2, 0) is 24.8 Å². The Labute approximate surface area is 132 Å². The second-order valence-corrected chi connectivity index (χ2v) is 6.98. The lowest BCUT2D eigenvalue weighted by Gasteiger charge is -2.37. The maximum atomic E-state index is 12.6. The SMILES string of the molecule is Cn1c(=O)n2n(c1=O)[C@@]1(C)N=N[C@]2(C)C1(C)Cc1ccccc1. The Balaban J connectivity index is 1.98. The van der Waals surface area contributed by atoms with Crippen LogP contribution < -0.4 is 11.4 Å². The molecule has 0 spiro atoms. The number of hydrogen-bond donors (Lipinski definition) is 0. The van der Waals surface area contributed by atoms with Crippen LogP contribution >= 0.6 is 0 Å². The molecule has 3 atom stereocenters. The van der Waals surface area contributed by atoms with Crippen LogP contribution in [0.5, 0.6) is 0 Å². The van der Waals surface area contributed by atoms with Crippen molar-refractivity contribution in [2.45, 2.75) is 38.5 Å². The van der Waals surface area contributed by atoms with E-state index in [4.69, 9.17) is 0 Å². The molecule has 0 fully saturated rings. The highest BCUT2D eigenvalue weighted by Crippen LogP contribution is 2.61. The molecule has 4 rings (SSSR count). The number of hydrogen-bond acceptors (Lipinski definition) is 4. The minimum absolute atomic E-state index is 0.348. The smallest absolute Gasteiger partial charge is 0.246 e. The Morgan fingerprint density at radius 1 is 0.913 bits per heavy atom. The molecule has 2 aromatic rings. The number of fused-ring (bicyclic) bond motifs is 5. The first-order valence-corrected chi connectivity index (χ1v) is 7.66. The molecule has 7 nitrogen and oxygen atoms in total. The maximum Gasteiger partial charge on any atom is 0.349 e. The first-order chi connectivity index (χ1) is 10.8. The molecule has 1 aromatic carbocycles. The zero-order chi connectivity index (χ0) is 16.6. The van der Waals surface area contributed by atoms with Gasteiger partial charge >= 0.3 is 11.4 Å². The fourth-order valence-corrected chi connectivity index (χ4v) is 4.05. The lowest BCUT2D eigenvalue weighted by molar-refractivity contribution is 0.0824. The summed E-state index contributed by atoms with van der Waals surface area (Å²) >= 11 is 0. The van der Waals surface area contributed by atoms with Gasteiger partial charge in [0, 0.05) is 7.05 Å². The van der Waals surface area contributed by atoms with E-state index in [2.05, 4.69) is 17.2 Å². The molecule has 23 heavy (non-hydrogen) atoms. The first-order valence-electron chi connectivity index (χ1n) is 7.66. The molecular formula is C16H19N5O2. The Morgan fingerprint density at radius 2 is 1.39 bits per heavy atom. The summed E-state index contributed by atoms with van der Waals surface area (Å²) in [6, 6.07) is 10.0. The van der Waals surface area contributed by atoms with Gasteiger partial charge in [-0.15, -0.1) is 0 Å². The molecule has 7 heteroatoms. The van der Waals surface area contributed by atoms with Crippen LogP contribution in [0.15, 0.2) is 50.1 Å². The van der Waals surface area contributed by atoms with Crippen LogP contribution in [0.2, 0.25) is 0 Å². The van der Waals surface area contributed by atoms with Gasteiger partial charge in [-0.05, 0) is 25.8 Å². The molecule has 3 heterocycles. The summed E-state index contributed by atoms with van der Waals surface area (Å²) in [6.07, 6.45) is 0.672. The van der Waals surface area contributed by atoms with Gasteiger partial charge in [0.2, 0.25) is 0 Å². The molecule has 2 aliphatic heterocycles. The predicted octanol–water partition coefficient (Wildman–Crippen LogP) is 1.42. The van der Waals surface area contributed by atoms with Gasteiger partial charge in [-0.2, -0.15) is 19.6 Å². The highest BCUT2D eigenvalue weighted by molar-refractivity contribution is 5.24. The molecule has 120 valence electrons. The number of azo groups is 1. The van der Waals surface area contributed by atoms with E-state index in [1.165, 1.54) is 16.4 Å². The van der Waals surface area contributed by atoms with Gasteiger partial charge in [0.1, 0.15) is 0 Å². The van der Waals surface area contributed by atoms with Crippen molar-refractivity contribution in [3.05, 3.63) is 56.9 Å². The number of benzene rings is 1. The maximum absolute atomic E-state index is 12.6. The third kappa shape index (κ3) is 1.32. The van der Waals surface area contributed by atoms with Gasteiger partial charge in [-0.1, -0.05) is 37.3 Å². The van der Waals surface area contributed by atoms with Crippen molar-refractivity contribution >= 4 is 0 Å². The van der Waals surface area contributed by atoms with Gasteiger partial charge in [-0.25, -0.2) is 14.2 Å². The van der Waals surface area contributed by atoms with Crippen LogP contribution in [0, 0.1) is 5.41 Å². The van der Waals surface area contributed by atoms with E-state index in [0.29, 0.717) is 6.42 Å². The summed E-state index contributed by atoms with van der Waals surface area (Å²) in [7, 11) is 1.49. The molecule has 2 aliphatic rings. The lowest BCUT2D eigenvalue weighted by Crippen LogP contribution is -2.50. The van der Waals surface area contributed by atoms with E-state index in [-0.39, 0.29) is 11.4 Å². The van der Waals surface area contributed by atoms with Crippen LogP contribution in [-0.4, -0.2) is 13.9 Å². The Morgan fingerprint density at radius 3 is 1.87 bits per heavy atom. The van der Waals surface area contributed by atoms with Crippen LogP contribution in [0.25, 0.3) is 0 Å². The van der Waals surface area contributed by atoms with Crippen molar-refractivity contribution in [1.29, 1.82) is 0 Å². The summed E-state index contributed by atoms with van der Waals surface area (Å²) in [4.78, 5) is 25.1.